The molecule has 2 aromatic heterocycles. The number of benzene rings is 1. The van der Waals surface area contributed by atoms with E-state index in [9.17, 15) is 9.90 Å². The summed E-state index contributed by atoms with van der Waals surface area (Å²) in [6, 6.07) is 11.2. The lowest BCUT2D eigenvalue weighted by molar-refractivity contribution is -0.138. The van der Waals surface area contributed by atoms with Gasteiger partial charge in [-0.1, -0.05) is 18.2 Å². The second-order valence-electron chi connectivity index (χ2n) is 9.71. The average molecular weight is 507 g/mol. The first-order valence-electron chi connectivity index (χ1n) is 13.2. The zero-order valence-corrected chi connectivity index (χ0v) is 21.8. The second kappa shape index (κ2) is 13.3. The molecule has 3 heterocycles. The number of aromatic nitrogens is 3. The fourth-order valence-electron chi connectivity index (χ4n) is 4.74. The summed E-state index contributed by atoms with van der Waals surface area (Å²) in [7, 11) is 1.71. The molecule has 4 rings (SSSR count). The Kier molecular flexibility index (Phi) is 9.62. The van der Waals surface area contributed by atoms with Crippen LogP contribution in [0, 0.1) is 0 Å². The van der Waals surface area contributed by atoms with Gasteiger partial charge in [-0.3, -0.25) is 0 Å². The number of aliphatic carboxylic acids is 1. The van der Waals surface area contributed by atoms with Crippen molar-refractivity contribution in [3.63, 3.8) is 0 Å². The molecule has 3 aromatic rings. The third-order valence-corrected chi connectivity index (χ3v) is 6.91. The van der Waals surface area contributed by atoms with E-state index in [0.29, 0.717) is 18.8 Å². The van der Waals surface area contributed by atoms with Crippen LogP contribution in [0.5, 0.6) is 0 Å². The predicted octanol–water partition coefficient (Wildman–Crippen LogP) is 4.00. The van der Waals surface area contributed by atoms with Crippen LogP contribution in [0.2, 0.25) is 0 Å². The normalized spacial score (nSPS) is 14.7. The number of para-hydroxylation sites is 1. The van der Waals surface area contributed by atoms with E-state index < -0.39 is 12.0 Å². The summed E-state index contributed by atoms with van der Waals surface area (Å²) in [5, 5.41) is 17.3. The molecule has 0 saturated carbocycles. The smallest absolute Gasteiger partial charge is 0.326 e. The number of unbranched alkanes of at least 4 members (excludes halogenated alkanes) is 1. The van der Waals surface area contributed by atoms with Crippen molar-refractivity contribution in [1.82, 2.24) is 19.9 Å². The maximum absolute atomic E-state index is 12.1. The number of pyridine rings is 1. The standard InChI is InChI=1S/C28H38N6O3/c1-20(37-2)18-34(16-6-5-9-22-13-12-21-8-7-15-29-26(21)32-22)17-14-25(28(35)36)33-27-23-10-3-4-11-24(23)30-19-31-27/h3-4,10-13,19-20,25H,5-9,14-18H2,1-2H3,(H,29,32)(H,35,36)(H,30,31,33). The molecule has 2 atom stereocenters. The Morgan fingerprint density at radius 3 is 2.89 bits per heavy atom. The molecule has 0 amide bonds. The van der Waals surface area contributed by atoms with Crippen LogP contribution in [-0.2, 0) is 22.4 Å². The highest BCUT2D eigenvalue weighted by Gasteiger charge is 2.21. The Morgan fingerprint density at radius 1 is 1.19 bits per heavy atom. The Bertz CT molecular complexity index is 1170. The van der Waals surface area contributed by atoms with Crippen LogP contribution >= 0.6 is 0 Å². The Balaban J connectivity index is 1.32. The van der Waals surface area contributed by atoms with Gasteiger partial charge in [-0.2, -0.15) is 0 Å². The fourth-order valence-corrected chi connectivity index (χ4v) is 4.74. The van der Waals surface area contributed by atoms with Crippen molar-refractivity contribution in [1.29, 1.82) is 0 Å². The summed E-state index contributed by atoms with van der Waals surface area (Å²) in [4.78, 5) is 27.8. The number of fused-ring (bicyclic) bond motifs is 2. The van der Waals surface area contributed by atoms with Gasteiger partial charge in [0, 0.05) is 37.8 Å². The van der Waals surface area contributed by atoms with Gasteiger partial charge < -0.3 is 25.4 Å². The zero-order valence-electron chi connectivity index (χ0n) is 21.8. The fraction of sp³-hybridized carbons (Fsp3) is 0.500. The predicted molar refractivity (Wildman–Crippen MR) is 146 cm³/mol. The van der Waals surface area contributed by atoms with Gasteiger partial charge in [0.2, 0.25) is 0 Å². The van der Waals surface area contributed by atoms with Crippen molar-refractivity contribution in [2.24, 2.45) is 0 Å². The lowest BCUT2D eigenvalue weighted by atomic mass is 10.1. The highest BCUT2D eigenvalue weighted by Crippen LogP contribution is 2.21. The van der Waals surface area contributed by atoms with Crippen molar-refractivity contribution in [2.75, 3.05) is 43.9 Å². The summed E-state index contributed by atoms with van der Waals surface area (Å²) in [5.74, 6) is 0.694. The van der Waals surface area contributed by atoms with Crippen molar-refractivity contribution in [3.05, 3.63) is 54.0 Å². The maximum atomic E-state index is 12.1. The largest absolute Gasteiger partial charge is 0.480 e. The third-order valence-electron chi connectivity index (χ3n) is 6.91. The van der Waals surface area contributed by atoms with Crippen LogP contribution in [0.15, 0.2) is 42.7 Å². The SMILES string of the molecule is COC(C)CN(CCCCc1ccc2c(n1)NCCC2)CCC(Nc1ncnc2ccccc12)C(=O)O. The van der Waals surface area contributed by atoms with E-state index in [-0.39, 0.29) is 6.10 Å². The van der Waals surface area contributed by atoms with Crippen molar-refractivity contribution in [3.8, 4) is 0 Å². The monoisotopic (exact) mass is 506 g/mol. The Morgan fingerprint density at radius 2 is 2.05 bits per heavy atom. The highest BCUT2D eigenvalue weighted by molar-refractivity contribution is 5.90. The molecule has 3 N–H and O–H groups in total. The van der Waals surface area contributed by atoms with E-state index >= 15 is 0 Å². The van der Waals surface area contributed by atoms with E-state index in [4.69, 9.17) is 9.72 Å². The molecule has 0 radical (unpaired) electrons. The maximum Gasteiger partial charge on any atom is 0.326 e. The molecule has 9 nitrogen and oxygen atoms in total. The molecule has 0 saturated heterocycles. The first-order chi connectivity index (χ1) is 18.0. The minimum Gasteiger partial charge on any atom is -0.480 e. The lowest BCUT2D eigenvalue weighted by Crippen LogP contribution is -2.38. The van der Waals surface area contributed by atoms with Crippen molar-refractivity contribution >= 4 is 28.5 Å². The highest BCUT2D eigenvalue weighted by atomic mass is 16.5. The number of nitrogens with zero attached hydrogens (tertiary/aromatic N) is 4. The number of rotatable bonds is 14. The molecule has 198 valence electrons. The van der Waals surface area contributed by atoms with Gasteiger partial charge >= 0.3 is 5.97 Å². The first-order valence-corrected chi connectivity index (χ1v) is 13.2. The van der Waals surface area contributed by atoms with Crippen LogP contribution in [0.1, 0.15) is 43.9 Å². The molecule has 0 spiro atoms. The number of carboxylic acid groups (broad SMARTS) is 1. The minimum absolute atomic E-state index is 0.0652. The molecule has 9 heteroatoms. The summed E-state index contributed by atoms with van der Waals surface area (Å²) < 4.78 is 5.50. The van der Waals surface area contributed by atoms with Crippen LogP contribution in [0.4, 0.5) is 11.6 Å². The Labute approximate surface area is 218 Å². The Hall–Kier alpha value is -3.30. The molecule has 0 bridgehead atoms. The molecule has 0 aliphatic carbocycles. The summed E-state index contributed by atoms with van der Waals surface area (Å²) >= 11 is 0. The van der Waals surface area contributed by atoms with E-state index in [1.165, 1.54) is 11.9 Å². The molecule has 1 aromatic carbocycles. The second-order valence-corrected chi connectivity index (χ2v) is 9.71. The number of carbonyl (C=O) groups is 1. The number of hydrogen-bond acceptors (Lipinski definition) is 8. The van der Waals surface area contributed by atoms with E-state index in [1.807, 2.05) is 31.2 Å². The van der Waals surface area contributed by atoms with Crippen LogP contribution < -0.4 is 10.6 Å². The van der Waals surface area contributed by atoms with Gasteiger partial charge in [-0.25, -0.2) is 19.7 Å². The van der Waals surface area contributed by atoms with Gasteiger partial charge in [0.1, 0.15) is 24.0 Å². The van der Waals surface area contributed by atoms with Gasteiger partial charge in [0.25, 0.3) is 0 Å². The van der Waals surface area contributed by atoms with Crippen molar-refractivity contribution < 1.29 is 14.6 Å². The van der Waals surface area contributed by atoms with E-state index in [2.05, 4.69) is 37.6 Å². The van der Waals surface area contributed by atoms with Crippen LogP contribution in [0.3, 0.4) is 0 Å². The number of ether oxygens (including phenoxy) is 1. The molecule has 1 aliphatic heterocycles. The van der Waals surface area contributed by atoms with E-state index in [0.717, 1.165) is 74.2 Å². The van der Waals surface area contributed by atoms with Crippen molar-refractivity contribution in [2.45, 2.75) is 57.6 Å². The molecule has 37 heavy (non-hydrogen) atoms. The minimum atomic E-state index is -0.894. The quantitative estimate of drug-likeness (QED) is 0.279. The van der Waals surface area contributed by atoms with Gasteiger partial charge in [0.05, 0.1) is 11.6 Å². The molecule has 2 unspecified atom stereocenters. The van der Waals surface area contributed by atoms with E-state index in [1.54, 1.807) is 7.11 Å². The molecule has 1 aliphatic rings. The average Bonchev–Trinajstić information content (AvgIpc) is 2.92. The summed E-state index contributed by atoms with van der Waals surface area (Å²) in [6.07, 6.45) is 7.20. The number of aryl methyl sites for hydroxylation is 2. The number of methoxy groups -OCH3 is 1. The van der Waals surface area contributed by atoms with Gasteiger partial charge in [-0.15, -0.1) is 0 Å². The third kappa shape index (κ3) is 7.60. The number of hydrogen-bond donors (Lipinski definition) is 3. The first kappa shape index (κ1) is 26.8. The topological polar surface area (TPSA) is 113 Å². The van der Waals surface area contributed by atoms with Gasteiger partial charge in [0.15, 0.2) is 0 Å². The molecular weight excluding hydrogens is 468 g/mol. The zero-order chi connectivity index (χ0) is 26.0. The molecule has 0 fully saturated rings. The van der Waals surface area contributed by atoms with Crippen LogP contribution in [-0.4, -0.2) is 76.4 Å². The van der Waals surface area contributed by atoms with Crippen LogP contribution in [0.25, 0.3) is 10.9 Å². The molecular formula is C28H38N6O3. The number of nitrogens with one attached hydrogen (secondary N) is 2. The van der Waals surface area contributed by atoms with Gasteiger partial charge in [-0.05, 0) is 75.8 Å². The number of carboxylic acids is 1. The lowest BCUT2D eigenvalue weighted by Gasteiger charge is -2.27. The number of anilines is 2. The summed E-state index contributed by atoms with van der Waals surface area (Å²) in [6.45, 7) is 5.30. The summed E-state index contributed by atoms with van der Waals surface area (Å²) in [5.41, 5.74) is 3.22.